The highest BCUT2D eigenvalue weighted by Gasteiger charge is 2.24. The fourth-order valence-electron chi connectivity index (χ4n) is 3.71. The van der Waals surface area contributed by atoms with Gasteiger partial charge in [-0.25, -0.2) is 0 Å². The molecule has 5 nitrogen and oxygen atoms in total. The zero-order valence-electron chi connectivity index (χ0n) is 15.4. The molecule has 0 unspecified atom stereocenters. The van der Waals surface area contributed by atoms with Crippen LogP contribution in [0.15, 0.2) is 54.6 Å². The largest absolute Gasteiger partial charge is 0.488 e. The third-order valence-corrected chi connectivity index (χ3v) is 5.25. The normalized spacial score (nSPS) is 19.8. The van der Waals surface area contributed by atoms with E-state index in [1.165, 1.54) is 0 Å². The quantitative estimate of drug-likeness (QED) is 0.732. The summed E-state index contributed by atoms with van der Waals surface area (Å²) in [6.45, 7) is 0. The second-order valence-electron chi connectivity index (χ2n) is 7.13. The van der Waals surface area contributed by atoms with E-state index in [1.807, 2.05) is 66.2 Å². The molecule has 1 aliphatic rings. The molecule has 0 spiro atoms. The Morgan fingerprint density at radius 3 is 2.59 bits per heavy atom. The van der Waals surface area contributed by atoms with Crippen molar-refractivity contribution < 1.29 is 14.6 Å². The van der Waals surface area contributed by atoms with E-state index in [1.54, 1.807) is 0 Å². The summed E-state index contributed by atoms with van der Waals surface area (Å²) < 4.78 is 7.80. The van der Waals surface area contributed by atoms with Crippen LogP contribution in [0.2, 0.25) is 0 Å². The first-order valence-corrected chi connectivity index (χ1v) is 9.42. The second-order valence-corrected chi connectivity index (χ2v) is 7.13. The molecule has 0 aliphatic heterocycles. The Morgan fingerprint density at radius 1 is 1.11 bits per heavy atom. The van der Waals surface area contributed by atoms with Crippen LogP contribution in [-0.4, -0.2) is 27.8 Å². The van der Waals surface area contributed by atoms with Crippen LogP contribution in [0.4, 0.5) is 5.69 Å². The predicted molar refractivity (Wildman–Crippen MR) is 106 cm³/mol. The van der Waals surface area contributed by atoms with E-state index < -0.39 is 6.10 Å². The maximum Gasteiger partial charge on any atom is 0.272 e. The number of hydrogen-bond donors (Lipinski definition) is 2. The SMILES string of the molecule is Cn1c(C(=O)Nc2ccc(O[C@@H]3CCCC[C@H]3O)cc2)cc2ccccc21. The van der Waals surface area contributed by atoms with Crippen LogP contribution >= 0.6 is 0 Å². The lowest BCUT2D eigenvalue weighted by atomic mass is 9.95. The Hall–Kier alpha value is -2.79. The maximum absolute atomic E-state index is 12.7. The number of nitrogens with one attached hydrogen (secondary N) is 1. The van der Waals surface area contributed by atoms with Crippen molar-refractivity contribution in [1.29, 1.82) is 0 Å². The summed E-state index contributed by atoms with van der Waals surface area (Å²) in [6.07, 6.45) is 3.27. The minimum Gasteiger partial charge on any atom is -0.488 e. The number of amides is 1. The van der Waals surface area contributed by atoms with Gasteiger partial charge < -0.3 is 19.7 Å². The Bertz CT molecular complexity index is 946. The number of benzene rings is 2. The number of carbonyl (C=O) groups excluding carboxylic acids is 1. The van der Waals surface area contributed by atoms with Gasteiger partial charge in [-0.2, -0.15) is 0 Å². The lowest BCUT2D eigenvalue weighted by Crippen LogP contribution is -2.34. The molecule has 1 amide bonds. The molecule has 0 radical (unpaired) electrons. The molecule has 5 heteroatoms. The van der Waals surface area contributed by atoms with Gasteiger partial charge in [-0.05, 0) is 55.7 Å². The minimum absolute atomic E-state index is 0.144. The van der Waals surface area contributed by atoms with E-state index in [0.717, 1.165) is 36.6 Å². The minimum atomic E-state index is -0.399. The predicted octanol–water partition coefficient (Wildman–Crippen LogP) is 4.11. The zero-order chi connectivity index (χ0) is 18.8. The summed E-state index contributed by atoms with van der Waals surface area (Å²) in [4.78, 5) is 12.7. The number of aromatic nitrogens is 1. The first-order chi connectivity index (χ1) is 13.1. The first-order valence-electron chi connectivity index (χ1n) is 9.42. The Morgan fingerprint density at radius 2 is 1.85 bits per heavy atom. The maximum atomic E-state index is 12.7. The first kappa shape index (κ1) is 17.6. The second kappa shape index (κ2) is 7.45. The summed E-state index contributed by atoms with van der Waals surface area (Å²) in [5.74, 6) is 0.564. The summed E-state index contributed by atoms with van der Waals surface area (Å²) >= 11 is 0. The highest BCUT2D eigenvalue weighted by Crippen LogP contribution is 2.25. The molecule has 0 saturated heterocycles. The van der Waals surface area contributed by atoms with E-state index in [4.69, 9.17) is 4.74 Å². The van der Waals surface area contributed by atoms with Crippen LogP contribution < -0.4 is 10.1 Å². The Kier molecular flexibility index (Phi) is 4.86. The lowest BCUT2D eigenvalue weighted by molar-refractivity contribution is 0.00688. The van der Waals surface area contributed by atoms with E-state index in [0.29, 0.717) is 17.1 Å². The van der Waals surface area contributed by atoms with Gasteiger partial charge in [0.05, 0.1) is 6.10 Å². The Labute approximate surface area is 158 Å². The van der Waals surface area contributed by atoms with Crippen molar-refractivity contribution in [2.24, 2.45) is 7.05 Å². The number of carbonyl (C=O) groups is 1. The van der Waals surface area contributed by atoms with Crippen LogP contribution in [0.3, 0.4) is 0 Å². The average molecular weight is 364 g/mol. The molecule has 3 aromatic rings. The van der Waals surface area contributed by atoms with Crippen LogP contribution in [0.1, 0.15) is 36.2 Å². The smallest absolute Gasteiger partial charge is 0.272 e. The number of rotatable bonds is 4. The molecule has 1 fully saturated rings. The van der Waals surface area contributed by atoms with Crippen molar-refractivity contribution >= 4 is 22.5 Å². The van der Waals surface area contributed by atoms with Crippen molar-refractivity contribution in [2.75, 3.05) is 5.32 Å². The van der Waals surface area contributed by atoms with Gasteiger partial charge in [-0.15, -0.1) is 0 Å². The molecule has 2 N–H and O–H groups in total. The zero-order valence-corrected chi connectivity index (χ0v) is 15.4. The van der Waals surface area contributed by atoms with Crippen LogP contribution in [0.5, 0.6) is 5.75 Å². The molecule has 140 valence electrons. The summed E-state index contributed by atoms with van der Waals surface area (Å²) in [7, 11) is 1.89. The number of aliphatic hydroxyl groups excluding tert-OH is 1. The number of anilines is 1. The van der Waals surface area contributed by atoms with Gasteiger partial charge in [0.15, 0.2) is 0 Å². The van der Waals surface area contributed by atoms with Gasteiger partial charge in [0.25, 0.3) is 5.91 Å². The molecule has 1 aliphatic carbocycles. The number of aliphatic hydroxyl groups is 1. The van der Waals surface area contributed by atoms with Gasteiger partial charge in [0.2, 0.25) is 0 Å². The molecule has 4 rings (SSSR count). The number of para-hydroxylation sites is 1. The molecule has 1 aromatic heterocycles. The van der Waals surface area contributed by atoms with Crippen molar-refractivity contribution in [2.45, 2.75) is 37.9 Å². The van der Waals surface area contributed by atoms with Crippen molar-refractivity contribution in [1.82, 2.24) is 4.57 Å². The van der Waals surface area contributed by atoms with Crippen molar-refractivity contribution in [3.8, 4) is 5.75 Å². The third-order valence-electron chi connectivity index (χ3n) is 5.25. The molecule has 1 heterocycles. The van der Waals surface area contributed by atoms with Gasteiger partial charge >= 0.3 is 0 Å². The van der Waals surface area contributed by atoms with E-state index in [2.05, 4.69) is 5.32 Å². The topological polar surface area (TPSA) is 63.5 Å². The number of ether oxygens (including phenoxy) is 1. The van der Waals surface area contributed by atoms with E-state index in [9.17, 15) is 9.90 Å². The Balaban J connectivity index is 1.44. The van der Waals surface area contributed by atoms with Crippen molar-refractivity contribution in [3.63, 3.8) is 0 Å². The molecular weight excluding hydrogens is 340 g/mol. The molecule has 0 bridgehead atoms. The average Bonchev–Trinajstić information content (AvgIpc) is 3.02. The fraction of sp³-hybridized carbons (Fsp3) is 0.318. The van der Waals surface area contributed by atoms with Gasteiger partial charge in [0.1, 0.15) is 17.5 Å². The number of nitrogens with zero attached hydrogens (tertiary/aromatic N) is 1. The molecule has 2 atom stereocenters. The van der Waals surface area contributed by atoms with Crippen LogP contribution in [-0.2, 0) is 7.05 Å². The van der Waals surface area contributed by atoms with Crippen LogP contribution in [0.25, 0.3) is 10.9 Å². The van der Waals surface area contributed by atoms with Crippen LogP contribution in [0, 0.1) is 0 Å². The monoisotopic (exact) mass is 364 g/mol. The highest BCUT2D eigenvalue weighted by atomic mass is 16.5. The van der Waals surface area contributed by atoms with Gasteiger partial charge in [-0.3, -0.25) is 4.79 Å². The number of hydrogen-bond acceptors (Lipinski definition) is 3. The van der Waals surface area contributed by atoms with E-state index >= 15 is 0 Å². The highest BCUT2D eigenvalue weighted by molar-refractivity contribution is 6.06. The molecule has 1 saturated carbocycles. The van der Waals surface area contributed by atoms with Gasteiger partial charge in [0, 0.05) is 23.6 Å². The van der Waals surface area contributed by atoms with Crippen molar-refractivity contribution in [3.05, 3.63) is 60.3 Å². The lowest BCUT2D eigenvalue weighted by Gasteiger charge is -2.28. The number of aryl methyl sites for hydroxylation is 1. The standard InChI is InChI=1S/C22H24N2O3/c1-24-18-7-3-2-6-15(18)14-19(24)22(26)23-16-10-12-17(13-11-16)27-21-9-5-4-8-20(21)25/h2-3,6-7,10-14,20-21,25H,4-5,8-9H2,1H3,(H,23,26)/t20-,21-/m1/s1. The van der Waals surface area contributed by atoms with Gasteiger partial charge in [-0.1, -0.05) is 24.6 Å². The molecule has 27 heavy (non-hydrogen) atoms. The molecule has 2 aromatic carbocycles. The summed E-state index contributed by atoms with van der Waals surface area (Å²) in [6, 6.07) is 17.1. The third kappa shape index (κ3) is 3.69. The fourth-order valence-corrected chi connectivity index (χ4v) is 3.71. The summed E-state index contributed by atoms with van der Waals surface area (Å²) in [5, 5.41) is 14.0. The number of fused-ring (bicyclic) bond motifs is 1. The summed E-state index contributed by atoms with van der Waals surface area (Å²) in [5.41, 5.74) is 2.35. The van der Waals surface area contributed by atoms with E-state index in [-0.39, 0.29) is 12.0 Å². The molecular formula is C22H24N2O3.